The van der Waals surface area contributed by atoms with Crippen molar-refractivity contribution in [1.82, 2.24) is 4.90 Å². The zero-order valence-corrected chi connectivity index (χ0v) is 12.5. The average Bonchev–Trinajstić information content (AvgIpc) is 2.44. The van der Waals surface area contributed by atoms with E-state index in [-0.39, 0.29) is 12.0 Å². The molecule has 4 nitrogen and oxygen atoms in total. The molecule has 1 saturated heterocycles. The number of rotatable bonds is 4. The van der Waals surface area contributed by atoms with Gasteiger partial charge in [-0.05, 0) is 30.0 Å². The summed E-state index contributed by atoms with van der Waals surface area (Å²) in [4.78, 5) is 13.5. The van der Waals surface area contributed by atoms with Gasteiger partial charge in [0.2, 0.25) is 0 Å². The largest absolute Gasteiger partial charge is 0.469 e. The first-order chi connectivity index (χ1) is 9.58. The second-order valence-corrected chi connectivity index (χ2v) is 5.77. The van der Waals surface area contributed by atoms with E-state index in [4.69, 9.17) is 17.3 Å². The van der Waals surface area contributed by atoms with E-state index in [9.17, 15) is 4.79 Å². The highest BCUT2D eigenvalue weighted by molar-refractivity contribution is 6.30. The highest BCUT2D eigenvalue weighted by Gasteiger charge is 2.26. The number of methoxy groups -OCH3 is 1. The Labute approximate surface area is 124 Å². The fourth-order valence-electron chi connectivity index (χ4n) is 2.77. The minimum absolute atomic E-state index is 0.130. The number of likely N-dealkylation sites (tertiary alicyclic amines) is 1. The second-order valence-electron chi connectivity index (χ2n) is 5.33. The van der Waals surface area contributed by atoms with Gasteiger partial charge in [-0.2, -0.15) is 0 Å². The number of carbonyl (C=O) groups is 1. The van der Waals surface area contributed by atoms with E-state index >= 15 is 0 Å². The molecule has 110 valence electrons. The van der Waals surface area contributed by atoms with Crippen molar-refractivity contribution in [3.8, 4) is 0 Å². The topological polar surface area (TPSA) is 55.6 Å². The van der Waals surface area contributed by atoms with Crippen LogP contribution < -0.4 is 5.73 Å². The van der Waals surface area contributed by atoms with Crippen molar-refractivity contribution >= 4 is 17.6 Å². The van der Waals surface area contributed by atoms with Crippen LogP contribution in [0, 0.1) is 0 Å². The normalized spacial score (nSPS) is 23.6. The number of piperidine rings is 1. The molecular weight excluding hydrogens is 276 g/mol. The van der Waals surface area contributed by atoms with E-state index in [0.29, 0.717) is 18.9 Å². The summed E-state index contributed by atoms with van der Waals surface area (Å²) in [5, 5.41) is 0.753. The number of hydrogen-bond acceptors (Lipinski definition) is 4. The highest BCUT2D eigenvalue weighted by atomic mass is 35.5. The van der Waals surface area contributed by atoms with Crippen LogP contribution in [0.5, 0.6) is 0 Å². The lowest BCUT2D eigenvalue weighted by Gasteiger charge is -2.36. The van der Waals surface area contributed by atoms with E-state index < -0.39 is 0 Å². The molecule has 0 spiro atoms. The Bertz CT molecular complexity index is 467. The first-order valence-corrected chi connectivity index (χ1v) is 7.26. The molecule has 1 fully saturated rings. The van der Waals surface area contributed by atoms with Crippen molar-refractivity contribution < 1.29 is 9.53 Å². The summed E-state index contributed by atoms with van der Waals surface area (Å²) in [7, 11) is 1.42. The van der Waals surface area contributed by atoms with Crippen LogP contribution >= 0.6 is 11.6 Å². The molecule has 20 heavy (non-hydrogen) atoms. The molecular formula is C15H21ClN2O2. The van der Waals surface area contributed by atoms with E-state index in [0.717, 1.165) is 24.5 Å². The minimum Gasteiger partial charge on any atom is -0.469 e. The Morgan fingerprint density at radius 1 is 1.50 bits per heavy atom. The van der Waals surface area contributed by atoms with E-state index in [2.05, 4.69) is 15.7 Å². The van der Waals surface area contributed by atoms with Crippen molar-refractivity contribution in [3.05, 3.63) is 34.9 Å². The number of hydrogen-bond donors (Lipinski definition) is 1. The quantitative estimate of drug-likeness (QED) is 0.864. The van der Waals surface area contributed by atoms with Crippen LogP contribution in [0.2, 0.25) is 5.02 Å². The Balaban J connectivity index is 1.99. The first-order valence-electron chi connectivity index (χ1n) is 6.88. The van der Waals surface area contributed by atoms with Gasteiger partial charge in [-0.1, -0.05) is 23.7 Å². The number of ether oxygens (including phenoxy) is 1. The molecule has 2 N–H and O–H groups in total. The summed E-state index contributed by atoms with van der Waals surface area (Å²) in [6, 6.07) is 8.07. The molecule has 0 amide bonds. The van der Waals surface area contributed by atoms with Crippen molar-refractivity contribution in [2.75, 3.05) is 26.7 Å². The summed E-state index contributed by atoms with van der Waals surface area (Å²) in [5.41, 5.74) is 7.36. The van der Waals surface area contributed by atoms with Gasteiger partial charge in [0.1, 0.15) is 0 Å². The average molecular weight is 297 g/mol. The Morgan fingerprint density at radius 2 is 2.30 bits per heavy atom. The van der Waals surface area contributed by atoms with Gasteiger partial charge in [0.05, 0.1) is 13.5 Å². The van der Waals surface area contributed by atoms with Crippen LogP contribution in [0.15, 0.2) is 24.3 Å². The number of nitrogens with zero attached hydrogens (tertiary/aromatic N) is 1. The molecule has 0 aromatic heterocycles. The molecule has 1 aromatic rings. The summed E-state index contributed by atoms with van der Waals surface area (Å²) in [6.07, 6.45) is 1.36. The van der Waals surface area contributed by atoms with Gasteiger partial charge in [0.25, 0.3) is 0 Å². The smallest absolute Gasteiger partial charge is 0.306 e. The van der Waals surface area contributed by atoms with Crippen LogP contribution in [-0.4, -0.2) is 43.7 Å². The van der Waals surface area contributed by atoms with Crippen molar-refractivity contribution in [3.63, 3.8) is 0 Å². The Morgan fingerprint density at radius 3 is 3.00 bits per heavy atom. The monoisotopic (exact) mass is 296 g/mol. The summed E-state index contributed by atoms with van der Waals surface area (Å²) in [5.74, 6) is 0.193. The third kappa shape index (κ3) is 4.20. The molecule has 2 unspecified atom stereocenters. The lowest BCUT2D eigenvalue weighted by molar-refractivity contribution is -0.141. The standard InChI is InChI=1S/C15H21ClN2O2/c1-20-15(19)5-6-18-9-12(8-14(17)10-18)11-3-2-4-13(16)7-11/h2-4,7,12,14H,5-6,8-10,17H2,1H3. The fourth-order valence-corrected chi connectivity index (χ4v) is 2.97. The van der Waals surface area contributed by atoms with Crippen molar-refractivity contribution in [2.45, 2.75) is 24.8 Å². The number of esters is 1. The maximum Gasteiger partial charge on any atom is 0.306 e. The van der Waals surface area contributed by atoms with Crippen LogP contribution in [0.1, 0.15) is 24.3 Å². The molecule has 0 aliphatic carbocycles. The minimum atomic E-state index is -0.177. The molecule has 0 radical (unpaired) electrons. The van der Waals surface area contributed by atoms with Crippen LogP contribution in [-0.2, 0) is 9.53 Å². The summed E-state index contributed by atoms with van der Waals surface area (Å²) < 4.78 is 4.68. The van der Waals surface area contributed by atoms with Crippen LogP contribution in [0.4, 0.5) is 0 Å². The second kappa shape index (κ2) is 7.07. The van der Waals surface area contributed by atoms with E-state index in [1.165, 1.54) is 12.7 Å². The molecule has 0 saturated carbocycles. The zero-order chi connectivity index (χ0) is 14.5. The Kier molecular flexibility index (Phi) is 5.40. The molecule has 5 heteroatoms. The lowest BCUT2D eigenvalue weighted by Crippen LogP contribution is -2.46. The highest BCUT2D eigenvalue weighted by Crippen LogP contribution is 2.28. The van der Waals surface area contributed by atoms with Crippen LogP contribution in [0.3, 0.4) is 0 Å². The third-order valence-corrected chi connectivity index (χ3v) is 3.97. The molecule has 1 aliphatic heterocycles. The Hall–Kier alpha value is -1.10. The fraction of sp³-hybridized carbons (Fsp3) is 0.533. The van der Waals surface area contributed by atoms with Gasteiger partial charge >= 0.3 is 5.97 Å². The predicted octanol–water partition coefficient (Wildman–Crippen LogP) is 2.02. The molecule has 0 bridgehead atoms. The van der Waals surface area contributed by atoms with Gasteiger partial charge < -0.3 is 15.4 Å². The zero-order valence-electron chi connectivity index (χ0n) is 11.7. The maximum atomic E-state index is 11.2. The van der Waals surface area contributed by atoms with Crippen molar-refractivity contribution in [1.29, 1.82) is 0 Å². The van der Waals surface area contributed by atoms with Crippen LogP contribution in [0.25, 0.3) is 0 Å². The molecule has 2 atom stereocenters. The molecule has 1 aromatic carbocycles. The van der Waals surface area contributed by atoms with Gasteiger partial charge in [-0.3, -0.25) is 4.79 Å². The number of nitrogens with two attached hydrogens (primary N) is 1. The van der Waals surface area contributed by atoms with Gasteiger partial charge in [0, 0.05) is 30.7 Å². The first kappa shape index (κ1) is 15.3. The summed E-state index contributed by atoms with van der Waals surface area (Å²) >= 11 is 6.05. The van der Waals surface area contributed by atoms with Crippen molar-refractivity contribution in [2.24, 2.45) is 5.73 Å². The van der Waals surface area contributed by atoms with E-state index in [1.807, 2.05) is 18.2 Å². The number of carbonyl (C=O) groups excluding carboxylic acids is 1. The lowest BCUT2D eigenvalue weighted by atomic mass is 9.88. The maximum absolute atomic E-state index is 11.2. The third-order valence-electron chi connectivity index (χ3n) is 3.74. The summed E-state index contributed by atoms with van der Waals surface area (Å²) in [6.45, 7) is 2.43. The molecule has 1 aliphatic rings. The predicted molar refractivity (Wildman–Crippen MR) is 79.9 cm³/mol. The van der Waals surface area contributed by atoms with E-state index in [1.54, 1.807) is 0 Å². The number of benzene rings is 1. The molecule has 1 heterocycles. The van der Waals surface area contributed by atoms with Gasteiger partial charge in [-0.25, -0.2) is 0 Å². The SMILES string of the molecule is COC(=O)CCN1CC(N)CC(c2cccc(Cl)c2)C1. The van der Waals surface area contributed by atoms with Gasteiger partial charge in [-0.15, -0.1) is 0 Å². The van der Waals surface area contributed by atoms with Gasteiger partial charge in [0.15, 0.2) is 0 Å². The molecule has 2 rings (SSSR count). The number of halogens is 1.